The topological polar surface area (TPSA) is 50.8 Å². The van der Waals surface area contributed by atoms with Crippen molar-refractivity contribution in [3.63, 3.8) is 0 Å². The molecule has 1 aromatic carbocycles. The van der Waals surface area contributed by atoms with Crippen LogP contribution in [0.3, 0.4) is 0 Å². The average Bonchev–Trinajstić information content (AvgIpc) is 2.49. The summed E-state index contributed by atoms with van der Waals surface area (Å²) < 4.78 is 11.3. The molecular formula is C15H21BrN2O3. The monoisotopic (exact) mass is 356 g/mol. The van der Waals surface area contributed by atoms with Crippen molar-refractivity contribution in [2.75, 3.05) is 27.3 Å². The quantitative estimate of drug-likeness (QED) is 0.902. The van der Waals surface area contributed by atoms with Gasteiger partial charge in [0.25, 0.3) is 5.91 Å². The van der Waals surface area contributed by atoms with Gasteiger partial charge in [0.1, 0.15) is 16.0 Å². The minimum absolute atomic E-state index is 0.0000463. The molecule has 21 heavy (non-hydrogen) atoms. The SMILES string of the molecule is COc1cc(C(=O)N2CCNC(C)C2C)cc(OC)c1Br. The number of hydrogen-bond acceptors (Lipinski definition) is 4. The molecule has 1 aromatic rings. The highest BCUT2D eigenvalue weighted by Crippen LogP contribution is 2.36. The Morgan fingerprint density at radius 3 is 2.38 bits per heavy atom. The van der Waals surface area contributed by atoms with E-state index >= 15 is 0 Å². The first-order valence-electron chi connectivity index (χ1n) is 6.95. The standard InChI is InChI=1S/C15H21BrN2O3/c1-9-10(2)18(6-5-17-9)15(19)11-7-12(20-3)14(16)13(8-11)21-4/h7-10,17H,5-6H2,1-4H3. The van der Waals surface area contributed by atoms with Gasteiger partial charge >= 0.3 is 0 Å². The van der Waals surface area contributed by atoms with E-state index in [0.29, 0.717) is 28.1 Å². The minimum atomic E-state index is -0.0000463. The maximum atomic E-state index is 12.8. The van der Waals surface area contributed by atoms with Gasteiger partial charge in [0.15, 0.2) is 0 Å². The molecule has 0 radical (unpaired) electrons. The first-order valence-corrected chi connectivity index (χ1v) is 7.74. The summed E-state index contributed by atoms with van der Waals surface area (Å²) in [6, 6.07) is 3.91. The first-order chi connectivity index (χ1) is 9.99. The number of halogens is 1. The molecule has 2 rings (SSSR count). The van der Waals surface area contributed by atoms with Crippen LogP contribution < -0.4 is 14.8 Å². The Kier molecular flexibility index (Phi) is 5.11. The lowest BCUT2D eigenvalue weighted by molar-refractivity contribution is 0.0602. The second-order valence-corrected chi connectivity index (χ2v) is 5.97. The molecule has 5 nitrogen and oxygen atoms in total. The Labute approximate surface area is 133 Å². The second-order valence-electron chi connectivity index (χ2n) is 5.18. The molecule has 1 saturated heterocycles. The van der Waals surface area contributed by atoms with Crippen molar-refractivity contribution < 1.29 is 14.3 Å². The summed E-state index contributed by atoms with van der Waals surface area (Å²) in [5, 5.41) is 3.37. The van der Waals surface area contributed by atoms with Crippen LogP contribution in [0.1, 0.15) is 24.2 Å². The van der Waals surface area contributed by atoms with Gasteiger partial charge in [0.2, 0.25) is 0 Å². The fraction of sp³-hybridized carbons (Fsp3) is 0.533. The summed E-state index contributed by atoms with van der Waals surface area (Å²) >= 11 is 3.42. The van der Waals surface area contributed by atoms with Crippen LogP contribution >= 0.6 is 15.9 Å². The van der Waals surface area contributed by atoms with Crippen molar-refractivity contribution in [2.45, 2.75) is 25.9 Å². The number of carbonyl (C=O) groups is 1. The molecule has 1 N–H and O–H groups in total. The molecule has 0 spiro atoms. The van der Waals surface area contributed by atoms with E-state index in [4.69, 9.17) is 9.47 Å². The largest absolute Gasteiger partial charge is 0.495 e. The smallest absolute Gasteiger partial charge is 0.254 e. The number of rotatable bonds is 3. The lowest BCUT2D eigenvalue weighted by Crippen LogP contribution is -2.57. The number of amides is 1. The van der Waals surface area contributed by atoms with Gasteiger partial charge < -0.3 is 19.7 Å². The Bertz CT molecular complexity index is 511. The molecule has 0 aliphatic carbocycles. The summed E-state index contributed by atoms with van der Waals surface area (Å²) in [5.41, 5.74) is 0.577. The van der Waals surface area contributed by atoms with E-state index in [9.17, 15) is 4.79 Å². The van der Waals surface area contributed by atoms with E-state index in [1.807, 2.05) is 4.90 Å². The lowest BCUT2D eigenvalue weighted by Gasteiger charge is -2.38. The van der Waals surface area contributed by atoms with Gasteiger partial charge in [-0.25, -0.2) is 0 Å². The third-order valence-corrected chi connectivity index (χ3v) is 4.77. The number of piperazine rings is 1. The Morgan fingerprint density at radius 2 is 1.86 bits per heavy atom. The lowest BCUT2D eigenvalue weighted by atomic mass is 10.0. The van der Waals surface area contributed by atoms with Crippen LogP contribution in [0.2, 0.25) is 0 Å². The van der Waals surface area contributed by atoms with Crippen LogP contribution in [0, 0.1) is 0 Å². The van der Waals surface area contributed by atoms with Crippen LogP contribution in [-0.4, -0.2) is 50.2 Å². The number of ether oxygens (including phenoxy) is 2. The van der Waals surface area contributed by atoms with Gasteiger partial charge in [-0.3, -0.25) is 4.79 Å². The zero-order valence-electron chi connectivity index (χ0n) is 12.8. The van der Waals surface area contributed by atoms with Crippen molar-refractivity contribution in [1.29, 1.82) is 0 Å². The molecule has 2 unspecified atom stereocenters. The van der Waals surface area contributed by atoms with Crippen LogP contribution in [0.15, 0.2) is 16.6 Å². The predicted octanol–water partition coefficient (Wildman–Crippen LogP) is 2.29. The fourth-order valence-electron chi connectivity index (χ4n) is 2.50. The van der Waals surface area contributed by atoms with E-state index in [1.165, 1.54) is 0 Å². The number of hydrogen-bond donors (Lipinski definition) is 1. The molecule has 6 heteroatoms. The summed E-state index contributed by atoms with van der Waals surface area (Å²) in [6.45, 7) is 5.65. The van der Waals surface area contributed by atoms with Crippen molar-refractivity contribution in [1.82, 2.24) is 10.2 Å². The maximum absolute atomic E-state index is 12.8. The maximum Gasteiger partial charge on any atom is 0.254 e. The zero-order chi connectivity index (χ0) is 15.6. The van der Waals surface area contributed by atoms with E-state index < -0.39 is 0 Å². The van der Waals surface area contributed by atoms with E-state index in [-0.39, 0.29) is 18.0 Å². The van der Waals surface area contributed by atoms with Crippen LogP contribution in [0.25, 0.3) is 0 Å². The first kappa shape index (κ1) is 16.1. The highest BCUT2D eigenvalue weighted by Gasteiger charge is 2.29. The van der Waals surface area contributed by atoms with Gasteiger partial charge in [0.05, 0.1) is 14.2 Å². The molecule has 0 bridgehead atoms. The van der Waals surface area contributed by atoms with Crippen molar-refractivity contribution in [3.05, 3.63) is 22.2 Å². The van der Waals surface area contributed by atoms with Gasteiger partial charge in [-0.15, -0.1) is 0 Å². The molecule has 1 amide bonds. The highest BCUT2D eigenvalue weighted by atomic mass is 79.9. The summed E-state index contributed by atoms with van der Waals surface area (Å²) in [6.07, 6.45) is 0. The number of carbonyl (C=O) groups excluding carboxylic acids is 1. The predicted molar refractivity (Wildman–Crippen MR) is 85.2 cm³/mol. The van der Waals surface area contributed by atoms with E-state index in [1.54, 1.807) is 26.4 Å². The van der Waals surface area contributed by atoms with Gasteiger partial charge in [-0.1, -0.05) is 0 Å². The zero-order valence-corrected chi connectivity index (χ0v) is 14.4. The molecular weight excluding hydrogens is 336 g/mol. The second kappa shape index (κ2) is 6.66. The molecule has 0 aromatic heterocycles. The Balaban J connectivity index is 2.34. The average molecular weight is 357 g/mol. The molecule has 1 aliphatic heterocycles. The number of nitrogens with zero attached hydrogens (tertiary/aromatic N) is 1. The Hall–Kier alpha value is -1.27. The molecule has 1 aliphatic rings. The number of nitrogens with one attached hydrogen (secondary N) is 1. The number of methoxy groups -OCH3 is 2. The van der Waals surface area contributed by atoms with Gasteiger partial charge in [-0.05, 0) is 41.9 Å². The Morgan fingerprint density at radius 1 is 1.29 bits per heavy atom. The van der Waals surface area contributed by atoms with Crippen LogP contribution in [0.4, 0.5) is 0 Å². The summed E-state index contributed by atoms with van der Waals surface area (Å²) in [7, 11) is 3.15. The van der Waals surface area contributed by atoms with Gasteiger partial charge in [0, 0.05) is 30.7 Å². The van der Waals surface area contributed by atoms with Crippen LogP contribution in [0.5, 0.6) is 11.5 Å². The summed E-state index contributed by atoms with van der Waals surface area (Å²) in [4.78, 5) is 14.7. The van der Waals surface area contributed by atoms with Crippen molar-refractivity contribution in [3.8, 4) is 11.5 Å². The minimum Gasteiger partial charge on any atom is -0.495 e. The molecule has 1 fully saturated rings. The van der Waals surface area contributed by atoms with Crippen molar-refractivity contribution >= 4 is 21.8 Å². The van der Waals surface area contributed by atoms with E-state index in [2.05, 4.69) is 35.1 Å². The van der Waals surface area contributed by atoms with Crippen LogP contribution in [-0.2, 0) is 0 Å². The third kappa shape index (κ3) is 3.16. The van der Waals surface area contributed by atoms with E-state index in [0.717, 1.165) is 6.54 Å². The molecule has 1 heterocycles. The highest BCUT2D eigenvalue weighted by molar-refractivity contribution is 9.10. The molecule has 2 atom stereocenters. The third-order valence-electron chi connectivity index (χ3n) is 3.99. The molecule has 116 valence electrons. The van der Waals surface area contributed by atoms with Crippen molar-refractivity contribution in [2.24, 2.45) is 0 Å². The summed E-state index contributed by atoms with van der Waals surface area (Å²) in [5.74, 6) is 1.18. The normalized spacial score (nSPS) is 22.0. The number of benzene rings is 1. The molecule has 0 saturated carbocycles. The van der Waals surface area contributed by atoms with Gasteiger partial charge in [-0.2, -0.15) is 0 Å². The fourth-order valence-corrected chi connectivity index (χ4v) is 3.05.